The van der Waals surface area contributed by atoms with Crippen molar-refractivity contribution in [2.24, 2.45) is 0 Å². The maximum absolute atomic E-state index is 13.3. The fourth-order valence-corrected chi connectivity index (χ4v) is 2.32. The minimum atomic E-state index is -0.516. The van der Waals surface area contributed by atoms with Gasteiger partial charge in [-0.2, -0.15) is 0 Å². The van der Waals surface area contributed by atoms with Crippen LogP contribution in [0.4, 0.5) is 10.2 Å². The number of nitrogens with one attached hydrogen (secondary N) is 1. The summed E-state index contributed by atoms with van der Waals surface area (Å²) in [6.45, 7) is 1.90. The fraction of sp³-hybridized carbons (Fsp3) is 0.111. The number of ether oxygens (including phenoxy) is 1. The van der Waals surface area contributed by atoms with Crippen molar-refractivity contribution in [3.63, 3.8) is 0 Å². The Morgan fingerprint density at radius 2 is 2.04 bits per heavy atom. The highest BCUT2D eigenvalue weighted by Crippen LogP contribution is 2.23. The molecule has 1 amide bonds. The zero-order valence-corrected chi connectivity index (χ0v) is 14.5. The average Bonchev–Trinajstić information content (AvgIpc) is 2.61. The van der Waals surface area contributed by atoms with Crippen LogP contribution < -0.4 is 10.1 Å². The van der Waals surface area contributed by atoms with Gasteiger partial charge in [-0.3, -0.25) is 9.78 Å². The summed E-state index contributed by atoms with van der Waals surface area (Å²) in [7, 11) is 0. The van der Waals surface area contributed by atoms with Crippen LogP contribution in [0.15, 0.2) is 48.8 Å². The van der Waals surface area contributed by atoms with Crippen LogP contribution in [0.1, 0.15) is 23.1 Å². The van der Waals surface area contributed by atoms with Gasteiger partial charge in [0, 0.05) is 23.9 Å². The minimum Gasteiger partial charge on any atom is -0.455 e. The molecule has 0 aromatic carbocycles. The minimum absolute atomic E-state index is 0.144. The Hall–Kier alpha value is -3.06. The van der Waals surface area contributed by atoms with E-state index in [1.807, 2.05) is 6.92 Å². The molecule has 0 bridgehead atoms. The average molecular weight is 373 g/mol. The molecule has 0 aliphatic rings. The molecule has 3 rings (SSSR count). The first-order valence-electron chi connectivity index (χ1n) is 7.77. The van der Waals surface area contributed by atoms with E-state index in [-0.39, 0.29) is 16.6 Å². The summed E-state index contributed by atoms with van der Waals surface area (Å²) in [5.41, 5.74) is 0.793. The lowest BCUT2D eigenvalue weighted by Crippen LogP contribution is -2.15. The summed E-state index contributed by atoms with van der Waals surface area (Å²) in [5, 5.41) is 2.89. The van der Waals surface area contributed by atoms with E-state index in [9.17, 15) is 9.18 Å². The van der Waals surface area contributed by atoms with Crippen LogP contribution in [-0.4, -0.2) is 20.9 Å². The van der Waals surface area contributed by atoms with Crippen molar-refractivity contribution in [3.8, 4) is 11.5 Å². The predicted molar refractivity (Wildman–Crippen MR) is 95.1 cm³/mol. The van der Waals surface area contributed by atoms with Crippen molar-refractivity contribution in [2.45, 2.75) is 13.3 Å². The lowest BCUT2D eigenvalue weighted by Gasteiger charge is -2.10. The van der Waals surface area contributed by atoms with Gasteiger partial charge in [0.2, 0.25) is 0 Å². The van der Waals surface area contributed by atoms with Crippen molar-refractivity contribution in [2.75, 3.05) is 5.32 Å². The Labute approximate surface area is 154 Å². The Balaban J connectivity index is 1.85. The predicted octanol–water partition coefficient (Wildman–Crippen LogP) is 4.27. The highest BCUT2D eigenvalue weighted by molar-refractivity contribution is 6.29. The molecule has 132 valence electrons. The molecular formula is C18H14ClFN4O2. The van der Waals surface area contributed by atoms with Gasteiger partial charge in [-0.15, -0.1) is 0 Å². The van der Waals surface area contributed by atoms with E-state index in [2.05, 4.69) is 20.3 Å². The summed E-state index contributed by atoms with van der Waals surface area (Å²) < 4.78 is 18.9. The van der Waals surface area contributed by atoms with E-state index in [1.54, 1.807) is 24.3 Å². The number of anilines is 1. The Kier molecular flexibility index (Phi) is 5.38. The number of rotatable bonds is 5. The highest BCUT2D eigenvalue weighted by atomic mass is 35.5. The summed E-state index contributed by atoms with van der Waals surface area (Å²) in [6, 6.07) is 9.24. The van der Waals surface area contributed by atoms with Gasteiger partial charge in [0.05, 0.1) is 12.4 Å². The van der Waals surface area contributed by atoms with Crippen LogP contribution in [0.3, 0.4) is 0 Å². The molecule has 0 unspecified atom stereocenters. The standard InChI is InChI=1S/C18H14ClFN4O2/c1-2-12-7-13(26-14-6-11(20)9-21-10-14)8-15(22-12)18(25)24-17-5-3-4-16(19)23-17/h3-10H,2H2,1H3,(H,23,24,25). The molecule has 1 N–H and O–H groups in total. The molecule has 26 heavy (non-hydrogen) atoms. The van der Waals surface area contributed by atoms with Crippen molar-refractivity contribution in [1.29, 1.82) is 0 Å². The van der Waals surface area contributed by atoms with Crippen molar-refractivity contribution >= 4 is 23.3 Å². The molecule has 6 nitrogen and oxygen atoms in total. The number of halogens is 2. The topological polar surface area (TPSA) is 77.0 Å². The van der Waals surface area contributed by atoms with Gasteiger partial charge < -0.3 is 10.1 Å². The monoisotopic (exact) mass is 372 g/mol. The van der Waals surface area contributed by atoms with Gasteiger partial charge in [-0.25, -0.2) is 14.4 Å². The number of hydrogen-bond donors (Lipinski definition) is 1. The molecule has 0 aliphatic heterocycles. The van der Waals surface area contributed by atoms with Crippen LogP contribution in [0.25, 0.3) is 0 Å². The van der Waals surface area contributed by atoms with Crippen LogP contribution in [0.5, 0.6) is 11.5 Å². The number of carbonyl (C=O) groups excluding carboxylic acids is 1. The van der Waals surface area contributed by atoms with Crippen LogP contribution in [-0.2, 0) is 6.42 Å². The van der Waals surface area contributed by atoms with Crippen LogP contribution >= 0.6 is 11.6 Å². The van der Waals surface area contributed by atoms with Crippen LogP contribution in [0, 0.1) is 5.82 Å². The van der Waals surface area contributed by atoms with Gasteiger partial charge >= 0.3 is 0 Å². The molecule has 0 spiro atoms. The number of pyridine rings is 3. The lowest BCUT2D eigenvalue weighted by atomic mass is 10.2. The summed E-state index contributed by atoms with van der Waals surface area (Å²) in [5.74, 6) is -0.0906. The number of carbonyl (C=O) groups is 1. The summed E-state index contributed by atoms with van der Waals surface area (Å²) in [4.78, 5) is 24.5. The Bertz CT molecular complexity index is 952. The second kappa shape index (κ2) is 7.88. The first-order chi connectivity index (χ1) is 12.5. The van der Waals surface area contributed by atoms with E-state index in [1.165, 1.54) is 18.3 Å². The molecule has 3 heterocycles. The number of aromatic nitrogens is 3. The number of nitrogens with zero attached hydrogens (tertiary/aromatic N) is 3. The SMILES string of the molecule is CCc1cc(Oc2cncc(F)c2)cc(C(=O)Nc2cccc(Cl)n2)n1. The van der Waals surface area contributed by atoms with Crippen molar-refractivity contribution in [1.82, 2.24) is 15.0 Å². The van der Waals surface area contributed by atoms with Gasteiger partial charge in [-0.1, -0.05) is 24.6 Å². The lowest BCUT2D eigenvalue weighted by molar-refractivity contribution is 0.102. The van der Waals surface area contributed by atoms with E-state index >= 15 is 0 Å². The molecule has 0 fully saturated rings. The smallest absolute Gasteiger partial charge is 0.275 e. The first kappa shape index (κ1) is 17.8. The maximum atomic E-state index is 13.3. The molecule has 0 saturated heterocycles. The van der Waals surface area contributed by atoms with Crippen LogP contribution in [0.2, 0.25) is 5.15 Å². The zero-order chi connectivity index (χ0) is 18.5. The van der Waals surface area contributed by atoms with Gasteiger partial charge in [0.1, 0.15) is 34.0 Å². The van der Waals surface area contributed by atoms with Crippen molar-refractivity contribution < 1.29 is 13.9 Å². The molecular weight excluding hydrogens is 359 g/mol. The quantitative estimate of drug-likeness (QED) is 0.677. The Morgan fingerprint density at radius 3 is 2.77 bits per heavy atom. The van der Waals surface area contributed by atoms with E-state index in [0.29, 0.717) is 23.7 Å². The van der Waals surface area contributed by atoms with Crippen molar-refractivity contribution in [3.05, 3.63) is 71.2 Å². The Morgan fingerprint density at radius 1 is 1.19 bits per heavy atom. The normalized spacial score (nSPS) is 10.4. The highest BCUT2D eigenvalue weighted by Gasteiger charge is 2.13. The second-order valence-electron chi connectivity index (χ2n) is 5.27. The molecule has 0 aliphatic carbocycles. The van der Waals surface area contributed by atoms with E-state index < -0.39 is 11.7 Å². The second-order valence-corrected chi connectivity index (χ2v) is 5.66. The number of amides is 1. The molecule has 3 aromatic rings. The largest absolute Gasteiger partial charge is 0.455 e. The van der Waals surface area contributed by atoms with E-state index in [4.69, 9.17) is 16.3 Å². The molecule has 3 aromatic heterocycles. The first-order valence-corrected chi connectivity index (χ1v) is 8.14. The summed E-state index contributed by atoms with van der Waals surface area (Å²) in [6.07, 6.45) is 3.05. The maximum Gasteiger partial charge on any atom is 0.275 e. The van der Waals surface area contributed by atoms with Gasteiger partial charge in [-0.05, 0) is 18.6 Å². The molecule has 0 atom stereocenters. The summed E-state index contributed by atoms with van der Waals surface area (Å²) >= 11 is 5.82. The number of aryl methyl sites for hydroxylation is 1. The number of hydrogen-bond acceptors (Lipinski definition) is 5. The molecule has 0 radical (unpaired) electrons. The third kappa shape index (κ3) is 4.52. The molecule has 8 heteroatoms. The molecule has 0 saturated carbocycles. The van der Waals surface area contributed by atoms with Gasteiger partial charge in [0.15, 0.2) is 0 Å². The van der Waals surface area contributed by atoms with E-state index in [0.717, 1.165) is 6.20 Å². The third-order valence-corrected chi connectivity index (χ3v) is 3.53. The zero-order valence-electron chi connectivity index (χ0n) is 13.7. The van der Waals surface area contributed by atoms with Gasteiger partial charge in [0.25, 0.3) is 5.91 Å². The fourth-order valence-electron chi connectivity index (χ4n) is 2.16. The third-order valence-electron chi connectivity index (χ3n) is 3.32.